The first-order valence-electron chi connectivity index (χ1n) is 10.7. The Morgan fingerprint density at radius 2 is 1.81 bits per heavy atom. The van der Waals surface area contributed by atoms with Crippen LogP contribution in [0.15, 0.2) is 48.7 Å². The lowest BCUT2D eigenvalue weighted by atomic mass is 9.93. The number of hydrogen-bond acceptors (Lipinski definition) is 5. The number of likely N-dealkylation sites (tertiary alicyclic amines) is 1. The van der Waals surface area contributed by atoms with Gasteiger partial charge in [-0.3, -0.25) is 9.69 Å². The lowest BCUT2D eigenvalue weighted by Crippen LogP contribution is -2.52. The Morgan fingerprint density at radius 1 is 1.09 bits per heavy atom. The highest BCUT2D eigenvalue weighted by molar-refractivity contribution is 5.80. The predicted octanol–water partition coefficient (Wildman–Crippen LogP) is 3.05. The molecule has 0 bridgehead atoms. The number of amides is 1. The number of nitrogens with zero attached hydrogens (tertiary/aromatic N) is 4. The molecular formula is C23H27F3N4O2. The van der Waals surface area contributed by atoms with Gasteiger partial charge >= 0.3 is 6.18 Å². The lowest BCUT2D eigenvalue weighted by molar-refractivity contribution is -0.186. The van der Waals surface area contributed by atoms with E-state index in [1.54, 1.807) is 29.2 Å². The minimum atomic E-state index is -4.40. The molecule has 3 heterocycles. The van der Waals surface area contributed by atoms with Crippen LogP contribution in [0.4, 0.5) is 19.0 Å². The largest absolute Gasteiger partial charge is 0.497 e. The zero-order valence-corrected chi connectivity index (χ0v) is 18.0. The number of halogens is 3. The minimum absolute atomic E-state index is 0.121. The van der Waals surface area contributed by atoms with E-state index in [-0.39, 0.29) is 13.1 Å². The standard InChI is InChI=1S/C23H27F3N4O2/c1-32-18-7-8-27-21(13-18)29-9-11-30(12-10-29)22(31)19-15-28(16-20(19)23(24,25)26)14-17-5-3-2-4-6-17/h2-8,13,19-20H,9-12,14-16H2,1H3/t19-,20+/m0/s1. The molecule has 2 fully saturated rings. The van der Waals surface area contributed by atoms with Gasteiger partial charge in [0.25, 0.3) is 0 Å². The molecular weight excluding hydrogens is 421 g/mol. The topological polar surface area (TPSA) is 48.9 Å². The highest BCUT2D eigenvalue weighted by Crippen LogP contribution is 2.39. The van der Waals surface area contributed by atoms with Crippen LogP contribution in [0, 0.1) is 11.8 Å². The van der Waals surface area contributed by atoms with Crippen molar-refractivity contribution >= 4 is 11.7 Å². The number of carbonyl (C=O) groups is 1. The molecule has 0 saturated carbocycles. The van der Waals surface area contributed by atoms with Crippen LogP contribution in [0.3, 0.4) is 0 Å². The highest BCUT2D eigenvalue weighted by Gasteiger charge is 2.53. The first-order valence-corrected chi connectivity index (χ1v) is 10.7. The summed E-state index contributed by atoms with van der Waals surface area (Å²) in [5.41, 5.74) is 0.945. The van der Waals surface area contributed by atoms with Gasteiger partial charge in [0, 0.05) is 58.1 Å². The Kier molecular flexibility index (Phi) is 6.55. The van der Waals surface area contributed by atoms with Gasteiger partial charge in [-0.2, -0.15) is 13.2 Å². The summed E-state index contributed by atoms with van der Waals surface area (Å²) in [6, 6.07) is 13.0. The van der Waals surface area contributed by atoms with Crippen molar-refractivity contribution in [3.05, 3.63) is 54.2 Å². The predicted molar refractivity (Wildman–Crippen MR) is 114 cm³/mol. The Balaban J connectivity index is 1.40. The number of ether oxygens (including phenoxy) is 1. The van der Waals surface area contributed by atoms with Crippen molar-refractivity contribution in [2.75, 3.05) is 51.3 Å². The summed E-state index contributed by atoms with van der Waals surface area (Å²) in [7, 11) is 1.58. The number of piperazine rings is 1. The number of carbonyl (C=O) groups excluding carboxylic acids is 1. The first kappa shape index (κ1) is 22.4. The third-order valence-corrected chi connectivity index (χ3v) is 6.25. The van der Waals surface area contributed by atoms with Crippen LogP contribution >= 0.6 is 0 Å². The van der Waals surface area contributed by atoms with Crippen LogP contribution in [-0.4, -0.2) is 73.2 Å². The SMILES string of the molecule is COc1ccnc(N2CCN(C(=O)[C@H]3CN(Cc4ccccc4)C[C@H]3C(F)(F)F)CC2)c1. The average molecular weight is 448 g/mol. The average Bonchev–Trinajstić information content (AvgIpc) is 3.24. The second-order valence-electron chi connectivity index (χ2n) is 8.30. The van der Waals surface area contributed by atoms with E-state index in [0.717, 1.165) is 11.4 Å². The number of anilines is 1. The van der Waals surface area contributed by atoms with Gasteiger partial charge in [-0.1, -0.05) is 30.3 Å². The van der Waals surface area contributed by atoms with E-state index in [1.165, 1.54) is 0 Å². The van der Waals surface area contributed by atoms with Gasteiger partial charge in [0.2, 0.25) is 5.91 Å². The van der Waals surface area contributed by atoms with E-state index in [4.69, 9.17) is 4.74 Å². The Bertz CT molecular complexity index is 917. The fourth-order valence-corrected chi connectivity index (χ4v) is 4.53. The second kappa shape index (κ2) is 9.36. The second-order valence-corrected chi connectivity index (χ2v) is 8.30. The summed E-state index contributed by atoms with van der Waals surface area (Å²) in [4.78, 5) is 22.8. The molecule has 2 aliphatic rings. The summed E-state index contributed by atoms with van der Waals surface area (Å²) in [5, 5.41) is 0. The van der Waals surface area contributed by atoms with Gasteiger partial charge in [-0.15, -0.1) is 0 Å². The number of methoxy groups -OCH3 is 1. The minimum Gasteiger partial charge on any atom is -0.497 e. The van der Waals surface area contributed by atoms with Crippen molar-refractivity contribution in [3.8, 4) is 5.75 Å². The molecule has 2 aliphatic heterocycles. The number of hydrogen-bond donors (Lipinski definition) is 0. The quantitative estimate of drug-likeness (QED) is 0.704. The van der Waals surface area contributed by atoms with Crippen molar-refractivity contribution < 1.29 is 22.7 Å². The molecule has 1 amide bonds. The summed E-state index contributed by atoms with van der Waals surface area (Å²) in [6.45, 7) is 2.16. The van der Waals surface area contributed by atoms with E-state index in [2.05, 4.69) is 4.98 Å². The molecule has 0 aliphatic carbocycles. The third-order valence-electron chi connectivity index (χ3n) is 6.25. The number of benzene rings is 1. The number of alkyl halides is 3. The van der Waals surface area contributed by atoms with Crippen molar-refractivity contribution in [2.24, 2.45) is 11.8 Å². The maximum Gasteiger partial charge on any atom is 0.393 e. The summed E-state index contributed by atoms with van der Waals surface area (Å²) >= 11 is 0. The molecule has 0 spiro atoms. The number of pyridine rings is 1. The molecule has 2 aromatic rings. The van der Waals surface area contributed by atoms with Gasteiger partial charge < -0.3 is 14.5 Å². The fraction of sp³-hybridized carbons (Fsp3) is 0.478. The first-order chi connectivity index (χ1) is 15.3. The van der Waals surface area contributed by atoms with Gasteiger partial charge in [0.05, 0.1) is 18.9 Å². The molecule has 172 valence electrons. The fourth-order valence-electron chi connectivity index (χ4n) is 4.53. The van der Waals surface area contributed by atoms with Crippen molar-refractivity contribution in [1.82, 2.24) is 14.8 Å². The zero-order chi connectivity index (χ0) is 22.7. The Labute approximate surface area is 185 Å². The maximum atomic E-state index is 13.8. The normalized spacial score (nSPS) is 22.2. The molecule has 4 rings (SSSR count). The van der Waals surface area contributed by atoms with E-state index in [1.807, 2.05) is 41.3 Å². The molecule has 32 heavy (non-hydrogen) atoms. The number of rotatable bonds is 5. The van der Waals surface area contributed by atoms with Crippen molar-refractivity contribution in [1.29, 1.82) is 0 Å². The Hall–Kier alpha value is -2.81. The zero-order valence-electron chi connectivity index (χ0n) is 18.0. The van der Waals surface area contributed by atoms with Crippen molar-refractivity contribution in [2.45, 2.75) is 12.7 Å². The highest BCUT2D eigenvalue weighted by atomic mass is 19.4. The molecule has 0 radical (unpaired) electrons. The Morgan fingerprint density at radius 3 is 2.47 bits per heavy atom. The molecule has 9 heteroatoms. The molecule has 1 aromatic carbocycles. The van der Waals surface area contributed by atoms with Crippen LogP contribution in [-0.2, 0) is 11.3 Å². The van der Waals surface area contributed by atoms with E-state index >= 15 is 0 Å². The summed E-state index contributed by atoms with van der Waals surface area (Å²) in [5.74, 6) is -1.69. The maximum absolute atomic E-state index is 13.8. The third kappa shape index (κ3) is 4.98. The summed E-state index contributed by atoms with van der Waals surface area (Å²) in [6.07, 6.45) is -2.75. The monoisotopic (exact) mass is 448 g/mol. The van der Waals surface area contributed by atoms with E-state index in [0.29, 0.717) is 38.5 Å². The van der Waals surface area contributed by atoms with Crippen LogP contribution in [0.25, 0.3) is 0 Å². The van der Waals surface area contributed by atoms with Crippen LogP contribution < -0.4 is 9.64 Å². The van der Waals surface area contributed by atoms with E-state index < -0.39 is 23.9 Å². The summed E-state index contributed by atoms with van der Waals surface area (Å²) < 4.78 is 46.6. The molecule has 2 atom stereocenters. The molecule has 6 nitrogen and oxygen atoms in total. The molecule has 0 unspecified atom stereocenters. The van der Waals surface area contributed by atoms with Gasteiger partial charge in [-0.05, 0) is 11.6 Å². The van der Waals surface area contributed by atoms with Gasteiger partial charge in [0.1, 0.15) is 11.6 Å². The molecule has 1 aromatic heterocycles. The molecule has 2 saturated heterocycles. The van der Waals surface area contributed by atoms with Gasteiger partial charge in [0.15, 0.2) is 0 Å². The van der Waals surface area contributed by atoms with Crippen molar-refractivity contribution in [3.63, 3.8) is 0 Å². The van der Waals surface area contributed by atoms with Crippen LogP contribution in [0.2, 0.25) is 0 Å². The van der Waals surface area contributed by atoms with Crippen LogP contribution in [0.1, 0.15) is 5.56 Å². The lowest BCUT2D eigenvalue weighted by Gasteiger charge is -2.37. The number of aromatic nitrogens is 1. The smallest absolute Gasteiger partial charge is 0.393 e. The molecule has 0 N–H and O–H groups in total. The van der Waals surface area contributed by atoms with Crippen LogP contribution in [0.5, 0.6) is 5.75 Å². The van der Waals surface area contributed by atoms with Gasteiger partial charge in [-0.25, -0.2) is 4.98 Å². The van der Waals surface area contributed by atoms with E-state index in [9.17, 15) is 18.0 Å².